The molecular formula is C18H17FN6. The van der Waals surface area contributed by atoms with Crippen LogP contribution in [0.4, 0.5) is 10.3 Å². The summed E-state index contributed by atoms with van der Waals surface area (Å²) >= 11 is 0. The summed E-state index contributed by atoms with van der Waals surface area (Å²) in [5.74, 6) is 0.263. The number of halogens is 1. The number of nitrogens with one attached hydrogen (secondary N) is 2. The van der Waals surface area contributed by atoms with Gasteiger partial charge in [0.05, 0.1) is 0 Å². The first-order chi connectivity index (χ1) is 12.1. The van der Waals surface area contributed by atoms with Crippen LogP contribution in [0.25, 0.3) is 27.8 Å². The minimum absolute atomic E-state index is 0.319. The van der Waals surface area contributed by atoms with E-state index < -0.39 is 0 Å². The zero-order chi connectivity index (χ0) is 17.0. The molecule has 0 amide bonds. The summed E-state index contributed by atoms with van der Waals surface area (Å²) in [6.07, 6.45) is 11.3. The van der Waals surface area contributed by atoms with Gasteiger partial charge < -0.3 is 14.7 Å². The number of pyridine rings is 1. The van der Waals surface area contributed by atoms with Gasteiger partial charge in [-0.2, -0.15) is 4.98 Å². The molecule has 25 heavy (non-hydrogen) atoms. The van der Waals surface area contributed by atoms with E-state index in [4.69, 9.17) is 0 Å². The van der Waals surface area contributed by atoms with Gasteiger partial charge in [0.25, 0.3) is 0 Å². The Morgan fingerprint density at radius 1 is 1.36 bits per heavy atom. The van der Waals surface area contributed by atoms with E-state index >= 15 is 0 Å². The fourth-order valence-corrected chi connectivity index (χ4v) is 3.05. The van der Waals surface area contributed by atoms with Crippen LogP contribution in [0.5, 0.6) is 0 Å². The molecule has 0 aromatic carbocycles. The van der Waals surface area contributed by atoms with E-state index in [9.17, 15) is 4.39 Å². The van der Waals surface area contributed by atoms with Gasteiger partial charge in [-0.1, -0.05) is 6.92 Å². The van der Waals surface area contributed by atoms with Gasteiger partial charge in [-0.25, -0.2) is 14.4 Å². The maximum absolute atomic E-state index is 14.2. The normalized spacial score (nSPS) is 15.8. The summed E-state index contributed by atoms with van der Waals surface area (Å²) in [5, 5.41) is 4.17. The van der Waals surface area contributed by atoms with Gasteiger partial charge in [-0.15, -0.1) is 0 Å². The predicted octanol–water partition coefficient (Wildman–Crippen LogP) is 3.62. The predicted molar refractivity (Wildman–Crippen MR) is 93.9 cm³/mol. The minimum Gasteiger partial charge on any atom is -0.354 e. The average Bonchev–Trinajstić information content (AvgIpc) is 3.02. The van der Waals surface area contributed by atoms with Crippen LogP contribution >= 0.6 is 0 Å². The number of anilines is 1. The molecule has 1 saturated carbocycles. The van der Waals surface area contributed by atoms with E-state index in [1.165, 1.54) is 18.9 Å². The van der Waals surface area contributed by atoms with Crippen LogP contribution in [-0.4, -0.2) is 30.9 Å². The third-order valence-corrected chi connectivity index (χ3v) is 4.96. The summed E-state index contributed by atoms with van der Waals surface area (Å²) < 4.78 is 15.9. The van der Waals surface area contributed by atoms with E-state index in [0.29, 0.717) is 17.0 Å². The lowest BCUT2D eigenvalue weighted by molar-refractivity contribution is 0.608. The van der Waals surface area contributed by atoms with Crippen LogP contribution < -0.4 is 5.32 Å². The summed E-state index contributed by atoms with van der Waals surface area (Å²) in [7, 11) is 0. The minimum atomic E-state index is -0.353. The number of hydrogen-bond donors (Lipinski definition) is 2. The van der Waals surface area contributed by atoms with Crippen molar-refractivity contribution < 1.29 is 4.39 Å². The van der Waals surface area contributed by atoms with Gasteiger partial charge in [0.1, 0.15) is 5.65 Å². The third kappa shape index (κ3) is 2.43. The maximum Gasteiger partial charge on any atom is 0.224 e. The number of aromatic amines is 1. The number of fused-ring (bicyclic) bond motifs is 2. The molecule has 0 aliphatic heterocycles. The highest BCUT2D eigenvalue weighted by atomic mass is 19.1. The molecule has 4 heterocycles. The lowest BCUT2D eigenvalue weighted by atomic mass is 10.1. The molecule has 0 bridgehead atoms. The summed E-state index contributed by atoms with van der Waals surface area (Å²) in [4.78, 5) is 16.1. The zero-order valence-electron chi connectivity index (χ0n) is 13.8. The summed E-state index contributed by atoms with van der Waals surface area (Å²) in [5.41, 5.74) is 3.06. The summed E-state index contributed by atoms with van der Waals surface area (Å²) in [6, 6.07) is 1.49. The Morgan fingerprint density at radius 3 is 3.08 bits per heavy atom. The number of rotatable bonds is 4. The second kappa shape index (κ2) is 5.02. The van der Waals surface area contributed by atoms with Crippen molar-refractivity contribution in [3.05, 3.63) is 42.9 Å². The number of imidazole rings is 1. The van der Waals surface area contributed by atoms with Crippen LogP contribution in [0.3, 0.4) is 0 Å². The molecule has 0 radical (unpaired) electrons. The molecule has 0 saturated heterocycles. The Labute approximate surface area is 143 Å². The van der Waals surface area contributed by atoms with Crippen molar-refractivity contribution in [2.45, 2.75) is 19.8 Å². The number of aromatic nitrogens is 5. The van der Waals surface area contributed by atoms with Gasteiger partial charge in [0, 0.05) is 54.0 Å². The van der Waals surface area contributed by atoms with Gasteiger partial charge in [-0.3, -0.25) is 0 Å². The van der Waals surface area contributed by atoms with Crippen LogP contribution in [0.1, 0.15) is 19.8 Å². The van der Waals surface area contributed by atoms with Crippen LogP contribution in [0.15, 0.2) is 37.1 Å². The molecule has 1 aliphatic rings. The first-order valence-electron chi connectivity index (χ1n) is 8.32. The Hall–Kier alpha value is -2.96. The van der Waals surface area contributed by atoms with E-state index in [1.807, 2.05) is 12.4 Å². The van der Waals surface area contributed by atoms with Crippen LogP contribution in [0.2, 0.25) is 0 Å². The smallest absolute Gasteiger partial charge is 0.224 e. The summed E-state index contributed by atoms with van der Waals surface area (Å²) in [6.45, 7) is 3.14. The molecule has 1 fully saturated rings. The second-order valence-electron chi connectivity index (χ2n) is 7.06. The van der Waals surface area contributed by atoms with Crippen LogP contribution in [0, 0.1) is 11.2 Å². The lowest BCUT2D eigenvalue weighted by Gasteiger charge is -2.09. The van der Waals surface area contributed by atoms with Crippen molar-refractivity contribution >= 4 is 22.6 Å². The van der Waals surface area contributed by atoms with E-state index in [2.05, 4.69) is 32.2 Å². The topological polar surface area (TPSA) is 70.9 Å². The molecule has 2 N–H and O–H groups in total. The standard InChI is InChI=1S/C18H17FN6/c1-18(2-3-18)10-23-17-22-8-13-12(7-21-15(13)24-17)11-6-14(19)16-20-4-5-25(16)9-11/h4-9H,2-3,10H2,1H3,(H2,21,22,23,24). The molecule has 0 atom stereocenters. The molecule has 0 spiro atoms. The highest BCUT2D eigenvalue weighted by molar-refractivity contribution is 5.93. The van der Waals surface area contributed by atoms with E-state index in [-0.39, 0.29) is 5.82 Å². The van der Waals surface area contributed by atoms with E-state index in [1.54, 1.807) is 23.0 Å². The monoisotopic (exact) mass is 336 g/mol. The third-order valence-electron chi connectivity index (χ3n) is 4.96. The number of nitrogens with zero attached hydrogens (tertiary/aromatic N) is 4. The number of H-pyrrole nitrogens is 1. The van der Waals surface area contributed by atoms with Gasteiger partial charge >= 0.3 is 0 Å². The molecule has 1 aliphatic carbocycles. The highest BCUT2D eigenvalue weighted by Crippen LogP contribution is 2.44. The average molecular weight is 336 g/mol. The van der Waals surface area contributed by atoms with E-state index in [0.717, 1.165) is 28.7 Å². The maximum atomic E-state index is 14.2. The van der Waals surface area contributed by atoms with Crippen molar-refractivity contribution in [3.63, 3.8) is 0 Å². The van der Waals surface area contributed by atoms with Gasteiger partial charge in [0.15, 0.2) is 11.5 Å². The lowest BCUT2D eigenvalue weighted by Crippen LogP contribution is -2.13. The molecule has 4 aromatic heterocycles. The highest BCUT2D eigenvalue weighted by Gasteiger charge is 2.36. The first kappa shape index (κ1) is 14.4. The Balaban J connectivity index is 1.52. The molecule has 7 heteroatoms. The number of hydrogen-bond acceptors (Lipinski definition) is 4. The fourth-order valence-electron chi connectivity index (χ4n) is 3.05. The van der Waals surface area contributed by atoms with Crippen molar-refractivity contribution in [1.82, 2.24) is 24.3 Å². The van der Waals surface area contributed by atoms with Crippen molar-refractivity contribution in [1.29, 1.82) is 0 Å². The van der Waals surface area contributed by atoms with Gasteiger partial charge in [0.2, 0.25) is 5.95 Å². The molecule has 126 valence electrons. The molecule has 0 unspecified atom stereocenters. The second-order valence-corrected chi connectivity index (χ2v) is 7.06. The fraction of sp³-hybridized carbons (Fsp3) is 0.278. The quantitative estimate of drug-likeness (QED) is 0.597. The first-order valence-corrected chi connectivity index (χ1v) is 8.32. The van der Waals surface area contributed by atoms with Crippen molar-refractivity contribution in [2.24, 2.45) is 5.41 Å². The Bertz CT molecular complexity index is 1090. The molecular weight excluding hydrogens is 319 g/mol. The molecule has 5 rings (SSSR count). The Morgan fingerprint density at radius 2 is 2.24 bits per heavy atom. The SMILES string of the molecule is CC1(CNc2ncc3c(-c4cc(F)c5nccn5c4)c[nH]c3n2)CC1. The van der Waals surface area contributed by atoms with Gasteiger partial charge in [-0.05, 0) is 24.3 Å². The Kier molecular flexibility index (Phi) is 2.89. The zero-order valence-corrected chi connectivity index (χ0v) is 13.8. The van der Waals surface area contributed by atoms with Crippen molar-refractivity contribution in [3.8, 4) is 11.1 Å². The van der Waals surface area contributed by atoms with Crippen LogP contribution in [-0.2, 0) is 0 Å². The largest absolute Gasteiger partial charge is 0.354 e. The van der Waals surface area contributed by atoms with Crippen molar-refractivity contribution in [2.75, 3.05) is 11.9 Å². The molecule has 4 aromatic rings. The molecule has 6 nitrogen and oxygen atoms in total.